The number of nitrogens with one attached hydrogen (secondary N) is 1. The van der Waals surface area contributed by atoms with Crippen LogP contribution in [0.25, 0.3) is 10.9 Å². The van der Waals surface area contributed by atoms with Gasteiger partial charge in [-0.25, -0.2) is 4.99 Å². The summed E-state index contributed by atoms with van der Waals surface area (Å²) < 4.78 is 39.0. The van der Waals surface area contributed by atoms with E-state index in [2.05, 4.69) is 21.8 Å². The number of alkyl halides is 3. The van der Waals surface area contributed by atoms with Crippen LogP contribution in [0.15, 0.2) is 47.1 Å². The van der Waals surface area contributed by atoms with Gasteiger partial charge in [0, 0.05) is 5.39 Å². The molecule has 2 aromatic rings. The zero-order chi connectivity index (χ0) is 16.3. The molecule has 116 valence electrons. The van der Waals surface area contributed by atoms with Gasteiger partial charge in [0.2, 0.25) is 0 Å². The van der Waals surface area contributed by atoms with Crippen molar-refractivity contribution in [3.63, 3.8) is 0 Å². The molecular weight excluding hydrogens is 313 g/mol. The number of para-hydroxylation sites is 1. The maximum Gasteiger partial charge on any atom is 0.418 e. The van der Waals surface area contributed by atoms with Crippen LogP contribution in [0.1, 0.15) is 11.3 Å². The molecule has 1 aromatic heterocycles. The number of aromatic nitrogens is 2. The van der Waals surface area contributed by atoms with E-state index in [1.165, 1.54) is 30.1 Å². The van der Waals surface area contributed by atoms with Crippen molar-refractivity contribution >= 4 is 28.4 Å². The summed E-state index contributed by atoms with van der Waals surface area (Å²) in [6, 6.07) is 3.87. The number of aliphatic imine (C=N–C) groups is 1. The van der Waals surface area contributed by atoms with Gasteiger partial charge in [-0.15, -0.1) is 11.8 Å². The summed E-state index contributed by atoms with van der Waals surface area (Å²) in [7, 11) is 0. The molecule has 0 aliphatic rings. The lowest BCUT2D eigenvalue weighted by Gasteiger charge is -2.06. The molecule has 22 heavy (non-hydrogen) atoms. The molecule has 0 aliphatic carbocycles. The Kier molecular flexibility index (Phi) is 4.60. The van der Waals surface area contributed by atoms with Crippen LogP contribution in [0.3, 0.4) is 0 Å². The third-order valence-electron chi connectivity index (χ3n) is 2.88. The van der Waals surface area contributed by atoms with Gasteiger partial charge in [-0.2, -0.15) is 18.3 Å². The molecule has 0 unspecified atom stereocenters. The molecule has 0 fully saturated rings. The molecule has 1 heterocycles. The molecule has 2 rings (SSSR count). The first kappa shape index (κ1) is 16.2. The molecule has 0 radical (unpaired) electrons. The Morgan fingerprint density at radius 1 is 1.45 bits per heavy atom. The third kappa shape index (κ3) is 3.16. The fraction of sp³-hybridized carbons (Fsp3) is 0.143. The van der Waals surface area contributed by atoms with Crippen molar-refractivity contribution < 1.29 is 13.2 Å². The number of fused-ring (bicyclic) bond motifs is 1. The average Bonchev–Trinajstić information content (AvgIpc) is 2.89. The molecule has 0 aliphatic heterocycles. The van der Waals surface area contributed by atoms with Gasteiger partial charge in [-0.3, -0.25) is 5.10 Å². The number of hydrogen-bond acceptors (Lipinski definition) is 4. The smallest absolute Gasteiger partial charge is 0.405 e. The van der Waals surface area contributed by atoms with E-state index in [1.807, 2.05) is 0 Å². The Balaban J connectivity index is 2.66. The lowest BCUT2D eigenvalue weighted by Crippen LogP contribution is -2.05. The van der Waals surface area contributed by atoms with Gasteiger partial charge in [0.25, 0.3) is 0 Å². The number of H-pyrrole nitrogens is 1. The minimum atomic E-state index is -4.48. The van der Waals surface area contributed by atoms with Crippen LogP contribution in [0.2, 0.25) is 0 Å². The van der Waals surface area contributed by atoms with E-state index in [4.69, 9.17) is 5.73 Å². The Bertz CT molecular complexity index is 759. The summed E-state index contributed by atoms with van der Waals surface area (Å²) >= 11 is 1.32. The predicted octanol–water partition coefficient (Wildman–Crippen LogP) is 3.68. The summed E-state index contributed by atoms with van der Waals surface area (Å²) in [5, 5.41) is 7.21. The minimum absolute atomic E-state index is 0.155. The standard InChI is InChI=1S/C14H13F3N4S/c1-8(22-2)19-11(6-7-18)13-9-4-3-5-10(14(15,16)17)12(9)20-21-13/h3-7H,1,18H2,2H3,(H,20,21)/b7-6-,19-11?. The van der Waals surface area contributed by atoms with E-state index in [1.54, 1.807) is 12.3 Å². The summed E-state index contributed by atoms with van der Waals surface area (Å²) in [5.74, 6) is 0. The van der Waals surface area contributed by atoms with Crippen LogP contribution in [0.4, 0.5) is 13.2 Å². The molecule has 4 nitrogen and oxygen atoms in total. The van der Waals surface area contributed by atoms with E-state index < -0.39 is 11.7 Å². The van der Waals surface area contributed by atoms with Crippen LogP contribution in [0, 0.1) is 0 Å². The fourth-order valence-electron chi connectivity index (χ4n) is 1.91. The molecule has 3 N–H and O–H groups in total. The van der Waals surface area contributed by atoms with Crippen LogP contribution in [-0.4, -0.2) is 22.2 Å². The number of hydrogen-bond donors (Lipinski definition) is 2. The Hall–Kier alpha value is -2.22. The van der Waals surface area contributed by atoms with Gasteiger partial charge in [-0.05, 0) is 24.6 Å². The van der Waals surface area contributed by atoms with E-state index in [0.717, 1.165) is 6.07 Å². The van der Waals surface area contributed by atoms with Gasteiger partial charge in [0.15, 0.2) is 0 Å². The van der Waals surface area contributed by atoms with Crippen LogP contribution in [-0.2, 0) is 6.18 Å². The highest BCUT2D eigenvalue weighted by Gasteiger charge is 2.34. The second-order valence-electron chi connectivity index (χ2n) is 4.25. The van der Waals surface area contributed by atoms with Crippen LogP contribution < -0.4 is 5.73 Å². The van der Waals surface area contributed by atoms with Crippen molar-refractivity contribution in [2.75, 3.05) is 6.26 Å². The highest BCUT2D eigenvalue weighted by Crippen LogP contribution is 2.34. The summed E-state index contributed by atoms with van der Waals surface area (Å²) in [6.45, 7) is 3.73. The zero-order valence-corrected chi connectivity index (χ0v) is 12.4. The summed E-state index contributed by atoms with van der Waals surface area (Å²) in [5.41, 5.74) is 5.15. The van der Waals surface area contributed by atoms with Crippen molar-refractivity contribution in [1.82, 2.24) is 10.2 Å². The number of allylic oxidation sites excluding steroid dienone is 1. The fourth-order valence-corrected chi connectivity index (χ4v) is 2.10. The largest absolute Gasteiger partial charge is 0.418 e. The van der Waals surface area contributed by atoms with Gasteiger partial charge in [0.05, 0.1) is 22.0 Å². The summed E-state index contributed by atoms with van der Waals surface area (Å²) in [6.07, 6.45) is 0.0552. The highest BCUT2D eigenvalue weighted by atomic mass is 32.2. The number of thioether (sulfide) groups is 1. The van der Waals surface area contributed by atoms with Gasteiger partial charge < -0.3 is 5.73 Å². The average molecular weight is 326 g/mol. The van der Waals surface area contributed by atoms with E-state index in [-0.39, 0.29) is 5.52 Å². The number of nitrogens with two attached hydrogens (primary N) is 1. The molecular formula is C14H13F3N4S. The van der Waals surface area contributed by atoms with Crippen LogP contribution in [0.5, 0.6) is 0 Å². The predicted molar refractivity (Wildman–Crippen MR) is 83.6 cm³/mol. The molecule has 0 amide bonds. The second-order valence-corrected chi connectivity index (χ2v) is 5.13. The Labute approximate surface area is 129 Å². The van der Waals surface area contributed by atoms with E-state index >= 15 is 0 Å². The number of benzene rings is 1. The van der Waals surface area contributed by atoms with Crippen molar-refractivity contribution in [2.45, 2.75) is 6.18 Å². The molecule has 0 atom stereocenters. The first-order valence-corrected chi connectivity index (χ1v) is 7.35. The van der Waals surface area contributed by atoms with Gasteiger partial charge in [-0.1, -0.05) is 18.7 Å². The van der Waals surface area contributed by atoms with E-state index in [9.17, 15) is 13.2 Å². The molecule has 0 spiro atoms. The number of halogens is 3. The number of rotatable bonds is 4. The third-order valence-corrected chi connectivity index (χ3v) is 3.44. The number of nitrogens with zero attached hydrogens (tertiary/aromatic N) is 2. The first-order chi connectivity index (χ1) is 10.4. The molecule has 8 heteroatoms. The monoisotopic (exact) mass is 326 g/mol. The van der Waals surface area contributed by atoms with Gasteiger partial charge in [0.1, 0.15) is 5.52 Å². The SMILES string of the molecule is C=C(N=C(/C=C\N)c1[nH]nc2c(C(F)(F)F)cccc12)SC. The summed E-state index contributed by atoms with van der Waals surface area (Å²) in [4.78, 5) is 4.24. The first-order valence-electron chi connectivity index (χ1n) is 6.13. The van der Waals surface area contributed by atoms with Crippen molar-refractivity contribution in [3.8, 4) is 0 Å². The lowest BCUT2D eigenvalue weighted by atomic mass is 10.1. The quantitative estimate of drug-likeness (QED) is 0.842. The minimum Gasteiger partial charge on any atom is -0.405 e. The maximum absolute atomic E-state index is 13.0. The lowest BCUT2D eigenvalue weighted by molar-refractivity contribution is -0.136. The topological polar surface area (TPSA) is 67.1 Å². The van der Waals surface area contributed by atoms with Crippen LogP contribution >= 0.6 is 11.8 Å². The zero-order valence-electron chi connectivity index (χ0n) is 11.6. The molecule has 1 aromatic carbocycles. The second kappa shape index (κ2) is 6.27. The van der Waals surface area contributed by atoms with Crippen molar-refractivity contribution in [1.29, 1.82) is 0 Å². The molecule has 0 bridgehead atoms. The Morgan fingerprint density at radius 3 is 2.77 bits per heavy atom. The van der Waals surface area contributed by atoms with Crippen molar-refractivity contribution in [3.05, 3.63) is 53.3 Å². The number of aromatic amines is 1. The van der Waals surface area contributed by atoms with E-state index in [0.29, 0.717) is 21.8 Å². The molecule has 0 saturated carbocycles. The van der Waals surface area contributed by atoms with Crippen molar-refractivity contribution in [2.24, 2.45) is 10.7 Å². The normalized spacial score (nSPS) is 13.2. The highest BCUT2D eigenvalue weighted by molar-refractivity contribution is 8.02. The maximum atomic E-state index is 13.0. The molecule has 0 saturated heterocycles. The van der Waals surface area contributed by atoms with Gasteiger partial charge >= 0.3 is 6.18 Å². The Morgan fingerprint density at radius 2 is 2.18 bits per heavy atom.